The summed E-state index contributed by atoms with van der Waals surface area (Å²) in [4.78, 5) is 14.6. The summed E-state index contributed by atoms with van der Waals surface area (Å²) in [5.74, 6) is 2.42. The van der Waals surface area contributed by atoms with Crippen LogP contribution in [0.2, 0.25) is 0 Å². The molecule has 2 aliphatic rings. The molecule has 200 valence electrons. The van der Waals surface area contributed by atoms with E-state index in [4.69, 9.17) is 0 Å². The molecule has 0 unspecified atom stereocenters. The Morgan fingerprint density at radius 2 is 1.49 bits per heavy atom. The lowest BCUT2D eigenvalue weighted by molar-refractivity contribution is -0.515. The van der Waals surface area contributed by atoms with Crippen molar-refractivity contribution < 1.29 is 9.37 Å². The van der Waals surface area contributed by atoms with Crippen LogP contribution in [0.3, 0.4) is 0 Å². The fraction of sp³-hybridized carbons (Fsp3) is 0.588. The van der Waals surface area contributed by atoms with Crippen molar-refractivity contribution in [2.24, 2.45) is 23.2 Å². The Morgan fingerprint density at radius 3 is 2.03 bits per heavy atom. The molecule has 4 rings (SSSR count). The van der Waals surface area contributed by atoms with Gasteiger partial charge in [0, 0.05) is 37.1 Å². The number of carbonyl (C=O) groups is 1. The van der Waals surface area contributed by atoms with Crippen molar-refractivity contribution in [3.8, 4) is 0 Å². The van der Waals surface area contributed by atoms with Crippen molar-refractivity contribution in [3.05, 3.63) is 59.7 Å². The summed E-state index contributed by atoms with van der Waals surface area (Å²) in [6.45, 7) is 21.0. The molecule has 0 bridgehead atoms. The van der Waals surface area contributed by atoms with Gasteiger partial charge in [-0.15, -0.1) is 0 Å². The first-order chi connectivity index (χ1) is 17.4. The van der Waals surface area contributed by atoms with Crippen LogP contribution in [0.4, 0.5) is 11.4 Å². The van der Waals surface area contributed by atoms with Crippen LogP contribution in [0.1, 0.15) is 111 Å². The second-order valence-corrected chi connectivity index (χ2v) is 13.5. The van der Waals surface area contributed by atoms with Crippen LogP contribution in [0, 0.1) is 23.2 Å². The Balaban J connectivity index is 2.08. The summed E-state index contributed by atoms with van der Waals surface area (Å²) in [6.07, 6.45) is 4.52. The minimum absolute atomic E-state index is 0.0739. The summed E-state index contributed by atoms with van der Waals surface area (Å²) < 4.78 is 2.52. The Bertz CT molecular complexity index is 1130. The summed E-state index contributed by atoms with van der Waals surface area (Å²) in [5, 5.41) is 3.35. The number of anilines is 1. The third-order valence-electron chi connectivity index (χ3n) is 9.06. The lowest BCUT2D eigenvalue weighted by atomic mass is 9.56. The Morgan fingerprint density at radius 1 is 0.892 bits per heavy atom. The van der Waals surface area contributed by atoms with Crippen molar-refractivity contribution >= 4 is 23.0 Å². The molecule has 1 fully saturated rings. The molecule has 2 aromatic carbocycles. The number of benzene rings is 2. The van der Waals surface area contributed by atoms with Gasteiger partial charge in [-0.2, -0.15) is 4.58 Å². The molecule has 0 aromatic heterocycles. The van der Waals surface area contributed by atoms with Gasteiger partial charge >= 0.3 is 5.91 Å². The van der Waals surface area contributed by atoms with Gasteiger partial charge in [-0.1, -0.05) is 91.3 Å². The number of hydrogen-bond donors (Lipinski definition) is 1. The standard InChI is InChI=1S/C34H48N2O/c1-22(2)27-16-13-17-28(23(3)4)30(27)36-31(32(37)35-26-14-11-10-12-15-26)34(21-33(36,8)9)20-25(7)18-19-29(34)24(5)6/h10-17,22-25,29H,18-21H2,1-9H3/p+1/t25-,29+,34-/m0/s1. The molecule has 3 heteroatoms. The second-order valence-electron chi connectivity index (χ2n) is 13.5. The zero-order chi connectivity index (χ0) is 27.1. The van der Waals surface area contributed by atoms with E-state index in [2.05, 4.69) is 90.4 Å². The Hall–Kier alpha value is -2.42. The topological polar surface area (TPSA) is 32.1 Å². The average molecular weight is 502 g/mol. The average Bonchev–Trinajstić information content (AvgIpc) is 3.04. The number of carbonyl (C=O) groups excluding carboxylic acids is 1. The van der Waals surface area contributed by atoms with Gasteiger partial charge in [-0.25, -0.2) is 0 Å². The molecular formula is C34H49N2O+. The van der Waals surface area contributed by atoms with Crippen LogP contribution >= 0.6 is 0 Å². The van der Waals surface area contributed by atoms with Crippen molar-refractivity contribution in [3.63, 3.8) is 0 Å². The monoisotopic (exact) mass is 501 g/mol. The maximum Gasteiger partial charge on any atom is 0.316 e. The molecule has 1 aliphatic heterocycles. The third kappa shape index (κ3) is 5.03. The highest BCUT2D eigenvalue weighted by Crippen LogP contribution is 2.58. The van der Waals surface area contributed by atoms with E-state index in [1.807, 2.05) is 30.3 Å². The molecular weight excluding hydrogens is 452 g/mol. The van der Waals surface area contributed by atoms with Crippen molar-refractivity contribution in [2.75, 3.05) is 5.32 Å². The second kappa shape index (κ2) is 10.4. The van der Waals surface area contributed by atoms with E-state index < -0.39 is 0 Å². The van der Waals surface area contributed by atoms with E-state index in [9.17, 15) is 4.79 Å². The van der Waals surface area contributed by atoms with Gasteiger partial charge in [0.15, 0.2) is 5.54 Å². The Kier molecular flexibility index (Phi) is 7.75. The maximum atomic E-state index is 14.6. The molecule has 1 aliphatic carbocycles. The maximum absolute atomic E-state index is 14.6. The summed E-state index contributed by atoms with van der Waals surface area (Å²) in [7, 11) is 0. The molecule has 1 saturated carbocycles. The summed E-state index contributed by atoms with van der Waals surface area (Å²) in [6, 6.07) is 16.8. The normalized spacial score (nSPS) is 25.5. The highest BCUT2D eigenvalue weighted by Gasteiger charge is 2.65. The molecule has 0 saturated heterocycles. The predicted octanol–water partition coefficient (Wildman–Crippen LogP) is 8.92. The highest BCUT2D eigenvalue weighted by atomic mass is 16.2. The minimum Gasteiger partial charge on any atom is -0.317 e. The largest absolute Gasteiger partial charge is 0.317 e. The van der Waals surface area contributed by atoms with E-state index in [1.165, 1.54) is 29.7 Å². The SMILES string of the molecule is CC(C)c1cccc(C(C)C)c1[N+]1=C(C(=O)Nc2ccccc2)[C@@]2(C[C@@H](C)CC[C@@H]2C(C)C)CC1(C)C. The van der Waals surface area contributed by atoms with E-state index >= 15 is 0 Å². The van der Waals surface area contributed by atoms with Gasteiger partial charge in [0.25, 0.3) is 5.71 Å². The summed E-state index contributed by atoms with van der Waals surface area (Å²) >= 11 is 0. The van der Waals surface area contributed by atoms with E-state index in [0.29, 0.717) is 29.6 Å². The number of amides is 1. The van der Waals surface area contributed by atoms with Crippen LogP contribution in [-0.4, -0.2) is 21.7 Å². The molecule has 2 aromatic rings. The zero-order valence-corrected chi connectivity index (χ0v) is 24.7. The van der Waals surface area contributed by atoms with Crippen LogP contribution in [0.5, 0.6) is 0 Å². The lowest BCUT2D eigenvalue weighted by Crippen LogP contribution is -2.49. The fourth-order valence-corrected chi connectivity index (χ4v) is 7.75. The molecule has 3 atom stereocenters. The van der Waals surface area contributed by atoms with Crippen LogP contribution in [-0.2, 0) is 4.79 Å². The van der Waals surface area contributed by atoms with E-state index in [-0.39, 0.29) is 16.9 Å². The van der Waals surface area contributed by atoms with Gasteiger partial charge in [0.05, 0.1) is 5.41 Å². The number of hydrogen-bond acceptors (Lipinski definition) is 1. The predicted molar refractivity (Wildman–Crippen MR) is 157 cm³/mol. The molecule has 1 amide bonds. The first-order valence-corrected chi connectivity index (χ1v) is 14.6. The molecule has 0 radical (unpaired) electrons. The quantitative estimate of drug-likeness (QED) is 0.394. The molecule has 1 N–H and O–H groups in total. The first-order valence-electron chi connectivity index (χ1n) is 14.6. The smallest absolute Gasteiger partial charge is 0.316 e. The minimum atomic E-state index is -0.178. The van der Waals surface area contributed by atoms with Gasteiger partial charge in [-0.3, -0.25) is 4.79 Å². The Labute approximate surface area is 225 Å². The van der Waals surface area contributed by atoms with E-state index in [0.717, 1.165) is 24.2 Å². The van der Waals surface area contributed by atoms with Gasteiger partial charge < -0.3 is 5.32 Å². The molecule has 1 heterocycles. The van der Waals surface area contributed by atoms with Crippen molar-refractivity contribution in [1.29, 1.82) is 0 Å². The van der Waals surface area contributed by atoms with Gasteiger partial charge in [-0.05, 0) is 54.6 Å². The van der Waals surface area contributed by atoms with Crippen LogP contribution in [0.25, 0.3) is 0 Å². The molecule has 3 nitrogen and oxygen atoms in total. The third-order valence-corrected chi connectivity index (χ3v) is 9.06. The fourth-order valence-electron chi connectivity index (χ4n) is 7.75. The number of nitrogens with zero attached hydrogens (tertiary/aromatic N) is 1. The number of para-hydroxylation sites is 2. The van der Waals surface area contributed by atoms with Crippen LogP contribution < -0.4 is 5.32 Å². The molecule has 37 heavy (non-hydrogen) atoms. The number of rotatable bonds is 6. The molecule has 1 spiro atoms. The van der Waals surface area contributed by atoms with Gasteiger partial charge in [0.1, 0.15) is 0 Å². The summed E-state index contributed by atoms with van der Waals surface area (Å²) in [5.41, 5.74) is 5.49. The van der Waals surface area contributed by atoms with Gasteiger partial charge in [0.2, 0.25) is 5.69 Å². The van der Waals surface area contributed by atoms with E-state index in [1.54, 1.807) is 0 Å². The van der Waals surface area contributed by atoms with Crippen LogP contribution in [0.15, 0.2) is 48.5 Å². The number of nitrogens with one attached hydrogen (secondary N) is 1. The van der Waals surface area contributed by atoms with Crippen molar-refractivity contribution in [2.45, 2.75) is 105 Å². The lowest BCUT2D eigenvalue weighted by Gasteiger charge is -2.44. The van der Waals surface area contributed by atoms with Crippen molar-refractivity contribution in [1.82, 2.24) is 0 Å². The first kappa shape index (κ1) is 27.6. The zero-order valence-electron chi connectivity index (χ0n) is 24.7. The highest BCUT2D eigenvalue weighted by molar-refractivity contribution is 6.43.